The van der Waals surface area contributed by atoms with Gasteiger partial charge in [0.1, 0.15) is 7.85 Å². The molecule has 3 N–H and O–H groups in total. The number of hydrogen-bond donors (Lipinski definition) is 2. The molecule has 72 valence electrons. The third-order valence-corrected chi connectivity index (χ3v) is 3.14. The zero-order valence-electron chi connectivity index (χ0n) is 8.26. The standard InChI is InChI=1S/C8H15BN2OS/c1-8(10,5-12-11-2)7-3-6(9)4-13-7/h3-4,11H,5,9-10H2,1-2H3. The second kappa shape index (κ2) is 4.24. The Kier molecular flexibility index (Phi) is 3.50. The first-order valence-electron chi connectivity index (χ1n) is 4.19. The van der Waals surface area contributed by atoms with Gasteiger partial charge in [-0.3, -0.25) is 4.84 Å². The maximum absolute atomic E-state index is 6.08. The average Bonchev–Trinajstić information content (AvgIpc) is 2.49. The highest BCUT2D eigenvalue weighted by Crippen LogP contribution is 2.21. The predicted molar refractivity (Wildman–Crippen MR) is 59.0 cm³/mol. The molecule has 13 heavy (non-hydrogen) atoms. The summed E-state index contributed by atoms with van der Waals surface area (Å²) in [4.78, 5) is 6.25. The molecule has 1 atom stereocenters. The second-order valence-electron chi connectivity index (χ2n) is 3.40. The van der Waals surface area contributed by atoms with E-state index >= 15 is 0 Å². The van der Waals surface area contributed by atoms with Gasteiger partial charge in [-0.2, -0.15) is 0 Å². The van der Waals surface area contributed by atoms with Gasteiger partial charge in [-0.15, -0.1) is 11.3 Å². The summed E-state index contributed by atoms with van der Waals surface area (Å²) in [7, 11) is 3.80. The van der Waals surface area contributed by atoms with Crippen LogP contribution in [0.1, 0.15) is 11.8 Å². The van der Waals surface area contributed by atoms with E-state index in [1.807, 2.05) is 6.92 Å². The van der Waals surface area contributed by atoms with Gasteiger partial charge in [-0.25, -0.2) is 5.48 Å². The Balaban J connectivity index is 2.68. The Morgan fingerprint density at radius 2 is 2.46 bits per heavy atom. The molecule has 0 aliphatic carbocycles. The molecule has 0 amide bonds. The minimum atomic E-state index is -0.401. The van der Waals surface area contributed by atoms with Crippen LogP contribution in [0.5, 0.6) is 0 Å². The van der Waals surface area contributed by atoms with Crippen LogP contribution < -0.4 is 16.7 Å². The number of hydrogen-bond acceptors (Lipinski definition) is 4. The van der Waals surface area contributed by atoms with Crippen molar-refractivity contribution in [2.24, 2.45) is 5.73 Å². The topological polar surface area (TPSA) is 47.3 Å². The van der Waals surface area contributed by atoms with Crippen molar-refractivity contribution >= 4 is 24.6 Å². The van der Waals surface area contributed by atoms with Crippen LogP contribution in [0.15, 0.2) is 11.4 Å². The molecule has 0 aliphatic rings. The molecular formula is C8H15BN2OS. The van der Waals surface area contributed by atoms with E-state index in [0.29, 0.717) is 6.61 Å². The SMILES string of the molecule is Bc1csc(C(C)(N)CONC)c1. The Hall–Kier alpha value is -0.355. The van der Waals surface area contributed by atoms with Crippen molar-refractivity contribution in [1.82, 2.24) is 5.48 Å². The van der Waals surface area contributed by atoms with Crippen molar-refractivity contribution in [2.45, 2.75) is 12.5 Å². The fourth-order valence-electron chi connectivity index (χ4n) is 1.02. The van der Waals surface area contributed by atoms with Crippen molar-refractivity contribution in [2.75, 3.05) is 13.7 Å². The highest BCUT2D eigenvalue weighted by Gasteiger charge is 2.23. The van der Waals surface area contributed by atoms with Gasteiger partial charge in [-0.1, -0.05) is 11.5 Å². The molecule has 1 heterocycles. The van der Waals surface area contributed by atoms with Crippen molar-refractivity contribution in [3.05, 3.63) is 16.3 Å². The van der Waals surface area contributed by atoms with Crippen LogP contribution in [0.3, 0.4) is 0 Å². The molecule has 3 nitrogen and oxygen atoms in total. The third kappa shape index (κ3) is 2.81. The van der Waals surface area contributed by atoms with Gasteiger partial charge >= 0.3 is 0 Å². The van der Waals surface area contributed by atoms with Gasteiger partial charge in [0.15, 0.2) is 0 Å². The van der Waals surface area contributed by atoms with Gasteiger partial charge in [0, 0.05) is 11.9 Å². The minimum Gasteiger partial charge on any atom is -0.319 e. The Labute approximate surface area is 83.6 Å². The highest BCUT2D eigenvalue weighted by molar-refractivity contribution is 7.11. The molecule has 0 radical (unpaired) electrons. The molecule has 1 aromatic heterocycles. The summed E-state index contributed by atoms with van der Waals surface area (Å²) in [5.74, 6) is 0. The van der Waals surface area contributed by atoms with Crippen LogP contribution in [-0.4, -0.2) is 21.5 Å². The molecule has 1 aromatic rings. The summed E-state index contributed by atoms with van der Waals surface area (Å²) in [6, 6.07) is 2.10. The number of thiophene rings is 1. The predicted octanol–water partition coefficient (Wildman–Crippen LogP) is -0.669. The zero-order valence-corrected chi connectivity index (χ0v) is 9.07. The van der Waals surface area contributed by atoms with Gasteiger partial charge in [0.05, 0.1) is 12.1 Å². The monoisotopic (exact) mass is 198 g/mol. The summed E-state index contributed by atoms with van der Waals surface area (Å²) < 4.78 is 0. The van der Waals surface area contributed by atoms with E-state index in [2.05, 4.69) is 24.8 Å². The summed E-state index contributed by atoms with van der Waals surface area (Å²) in [6.45, 7) is 2.44. The number of rotatable bonds is 4. The quantitative estimate of drug-likeness (QED) is 0.498. The normalized spacial score (nSPS) is 15.6. The lowest BCUT2D eigenvalue weighted by molar-refractivity contribution is 0.0258. The Morgan fingerprint density at radius 1 is 1.77 bits per heavy atom. The molecule has 0 spiro atoms. The molecule has 5 heteroatoms. The fourth-order valence-corrected chi connectivity index (χ4v) is 1.99. The lowest BCUT2D eigenvalue weighted by Crippen LogP contribution is -2.39. The lowest BCUT2D eigenvalue weighted by atomic mass is 9.96. The number of hydroxylamine groups is 1. The van der Waals surface area contributed by atoms with Gasteiger partial charge in [-0.05, 0) is 12.3 Å². The number of nitrogens with two attached hydrogens (primary N) is 1. The van der Waals surface area contributed by atoms with Gasteiger partial charge < -0.3 is 5.73 Å². The Bertz CT molecular complexity index is 275. The maximum Gasteiger partial charge on any atom is 0.140 e. The van der Waals surface area contributed by atoms with Gasteiger partial charge in [0.2, 0.25) is 0 Å². The summed E-state index contributed by atoms with van der Waals surface area (Å²) in [5.41, 5.74) is 9.56. The Morgan fingerprint density at radius 3 is 2.92 bits per heavy atom. The summed E-state index contributed by atoms with van der Waals surface area (Å²) in [6.07, 6.45) is 0. The van der Waals surface area contributed by atoms with Crippen molar-refractivity contribution in [3.63, 3.8) is 0 Å². The summed E-state index contributed by atoms with van der Waals surface area (Å²) >= 11 is 1.67. The first-order chi connectivity index (χ1) is 6.06. The first kappa shape index (κ1) is 10.7. The second-order valence-corrected chi connectivity index (χ2v) is 4.31. The highest BCUT2D eigenvalue weighted by atomic mass is 32.1. The van der Waals surface area contributed by atoms with Gasteiger partial charge in [0.25, 0.3) is 0 Å². The molecule has 0 fully saturated rings. The first-order valence-corrected chi connectivity index (χ1v) is 5.07. The number of nitrogens with one attached hydrogen (secondary N) is 1. The van der Waals surface area contributed by atoms with Crippen molar-refractivity contribution < 1.29 is 4.84 Å². The van der Waals surface area contributed by atoms with Crippen LogP contribution in [-0.2, 0) is 10.4 Å². The van der Waals surface area contributed by atoms with Crippen LogP contribution in [0.25, 0.3) is 0 Å². The van der Waals surface area contributed by atoms with Crippen LogP contribution in [0.4, 0.5) is 0 Å². The van der Waals surface area contributed by atoms with E-state index in [9.17, 15) is 0 Å². The van der Waals surface area contributed by atoms with E-state index in [1.54, 1.807) is 18.4 Å². The minimum absolute atomic E-state index is 0.401. The van der Waals surface area contributed by atoms with E-state index < -0.39 is 5.54 Å². The smallest absolute Gasteiger partial charge is 0.140 e. The summed E-state index contributed by atoms with van der Waals surface area (Å²) in [5, 5.41) is 2.10. The molecule has 0 aromatic carbocycles. The van der Waals surface area contributed by atoms with E-state index in [-0.39, 0.29) is 0 Å². The van der Waals surface area contributed by atoms with Crippen molar-refractivity contribution in [1.29, 1.82) is 0 Å². The van der Waals surface area contributed by atoms with E-state index in [4.69, 9.17) is 10.6 Å². The van der Waals surface area contributed by atoms with Crippen LogP contribution in [0, 0.1) is 0 Å². The average molecular weight is 198 g/mol. The largest absolute Gasteiger partial charge is 0.319 e. The van der Waals surface area contributed by atoms with E-state index in [0.717, 1.165) is 4.88 Å². The lowest BCUT2D eigenvalue weighted by Gasteiger charge is -2.22. The van der Waals surface area contributed by atoms with Crippen LogP contribution in [0.2, 0.25) is 0 Å². The van der Waals surface area contributed by atoms with Crippen molar-refractivity contribution in [3.8, 4) is 0 Å². The molecule has 1 rings (SSSR count). The molecule has 0 saturated heterocycles. The zero-order chi connectivity index (χ0) is 9.90. The molecular weight excluding hydrogens is 183 g/mol. The third-order valence-electron chi connectivity index (χ3n) is 1.81. The molecule has 0 aliphatic heterocycles. The molecule has 0 saturated carbocycles. The molecule has 0 bridgehead atoms. The van der Waals surface area contributed by atoms with E-state index in [1.165, 1.54) is 5.46 Å². The molecule has 1 unspecified atom stereocenters. The van der Waals surface area contributed by atoms with Crippen LogP contribution >= 0.6 is 11.3 Å². The fraction of sp³-hybridized carbons (Fsp3) is 0.500. The maximum atomic E-state index is 6.08.